The topological polar surface area (TPSA) is 67.4 Å². The van der Waals surface area contributed by atoms with Crippen LogP contribution < -0.4 is 15.4 Å². The van der Waals surface area contributed by atoms with Crippen molar-refractivity contribution in [2.24, 2.45) is 0 Å². The Balaban J connectivity index is 1.42. The highest BCUT2D eigenvalue weighted by molar-refractivity contribution is 7.17. The van der Waals surface area contributed by atoms with Crippen LogP contribution in [0.5, 0.6) is 11.5 Å². The van der Waals surface area contributed by atoms with Gasteiger partial charge in [-0.3, -0.25) is 9.59 Å². The maximum Gasteiger partial charge on any atom is 0.251 e. The molecular weight excluding hydrogens is 396 g/mol. The maximum atomic E-state index is 12.7. The molecule has 150 valence electrons. The summed E-state index contributed by atoms with van der Waals surface area (Å²) in [6, 6.07) is 23.3. The molecule has 6 heteroatoms. The van der Waals surface area contributed by atoms with Crippen molar-refractivity contribution in [3.8, 4) is 11.5 Å². The Kier molecular flexibility index (Phi) is 5.77. The van der Waals surface area contributed by atoms with Crippen LogP contribution in [0.15, 0.2) is 84.2 Å². The van der Waals surface area contributed by atoms with Gasteiger partial charge in [0.1, 0.15) is 11.8 Å². The van der Waals surface area contributed by atoms with Gasteiger partial charge in [-0.25, -0.2) is 0 Å². The summed E-state index contributed by atoms with van der Waals surface area (Å²) < 4.78 is 6.99. The minimum absolute atomic E-state index is 0.292. The molecule has 1 heterocycles. The van der Waals surface area contributed by atoms with Gasteiger partial charge in [0.25, 0.3) is 5.91 Å². The summed E-state index contributed by atoms with van der Waals surface area (Å²) >= 11 is 1.62. The fraction of sp³-hybridized carbons (Fsp3) is 0.0833. The van der Waals surface area contributed by atoms with Gasteiger partial charge in [0.2, 0.25) is 5.91 Å². The zero-order valence-corrected chi connectivity index (χ0v) is 17.1. The van der Waals surface area contributed by atoms with Crippen LogP contribution in [-0.4, -0.2) is 17.9 Å². The molecule has 0 spiro atoms. The first-order chi connectivity index (χ1) is 14.6. The minimum Gasteiger partial charge on any atom is -0.455 e. The lowest BCUT2D eigenvalue weighted by molar-refractivity contribution is -0.117. The lowest BCUT2D eigenvalue weighted by Gasteiger charge is -2.16. The summed E-state index contributed by atoms with van der Waals surface area (Å²) in [6.07, 6.45) is 0. The van der Waals surface area contributed by atoms with Crippen LogP contribution in [0.3, 0.4) is 0 Å². The van der Waals surface area contributed by atoms with E-state index in [9.17, 15) is 9.59 Å². The van der Waals surface area contributed by atoms with Gasteiger partial charge in [0, 0.05) is 10.3 Å². The lowest BCUT2D eigenvalue weighted by Crippen LogP contribution is -2.41. The van der Waals surface area contributed by atoms with Crippen LogP contribution in [0, 0.1) is 0 Å². The molecule has 0 unspecified atom stereocenters. The Bertz CT molecular complexity index is 1190. The molecule has 0 bridgehead atoms. The summed E-state index contributed by atoms with van der Waals surface area (Å²) in [5, 5.41) is 8.58. The third-order valence-electron chi connectivity index (χ3n) is 4.57. The standard InChI is InChI=1S/C24H20N2O3S/c1-16(25-24(28)18-11-12-22-17(15-18)13-14-30-22)23(27)26-20-9-5-6-10-21(20)29-19-7-3-2-4-8-19/h2-16H,1H3,(H,25,28)(H,26,27)/t16-/m0/s1. The molecule has 0 fully saturated rings. The number of anilines is 1. The summed E-state index contributed by atoms with van der Waals surface area (Å²) in [5.74, 6) is 0.575. The first-order valence-electron chi connectivity index (χ1n) is 9.51. The normalized spacial score (nSPS) is 11.6. The second kappa shape index (κ2) is 8.80. The number of carbonyl (C=O) groups excluding carboxylic acids is 2. The average Bonchev–Trinajstić information content (AvgIpc) is 3.23. The van der Waals surface area contributed by atoms with Crippen LogP contribution >= 0.6 is 11.3 Å². The molecule has 5 nitrogen and oxygen atoms in total. The van der Waals surface area contributed by atoms with Gasteiger partial charge < -0.3 is 15.4 Å². The van der Waals surface area contributed by atoms with Crippen molar-refractivity contribution in [1.29, 1.82) is 0 Å². The SMILES string of the molecule is C[C@H](NC(=O)c1ccc2sccc2c1)C(=O)Nc1ccccc1Oc1ccccc1. The minimum atomic E-state index is -0.722. The number of hydrogen-bond donors (Lipinski definition) is 2. The van der Waals surface area contributed by atoms with E-state index in [1.807, 2.05) is 66.0 Å². The highest BCUT2D eigenvalue weighted by Crippen LogP contribution is 2.29. The number of nitrogens with one attached hydrogen (secondary N) is 2. The van der Waals surface area contributed by atoms with E-state index in [4.69, 9.17) is 4.74 Å². The number of ether oxygens (including phenoxy) is 1. The molecule has 0 aliphatic rings. The molecule has 0 saturated heterocycles. The number of hydrogen-bond acceptors (Lipinski definition) is 4. The van der Waals surface area contributed by atoms with Gasteiger partial charge >= 0.3 is 0 Å². The first-order valence-corrected chi connectivity index (χ1v) is 10.4. The molecule has 4 rings (SSSR count). The molecule has 0 saturated carbocycles. The second-order valence-electron chi connectivity index (χ2n) is 6.77. The smallest absolute Gasteiger partial charge is 0.251 e. The van der Waals surface area contributed by atoms with E-state index >= 15 is 0 Å². The molecule has 3 aromatic carbocycles. The van der Waals surface area contributed by atoms with Crippen molar-refractivity contribution >= 4 is 38.9 Å². The van der Waals surface area contributed by atoms with Gasteiger partial charge in [-0.05, 0) is 66.2 Å². The fourth-order valence-electron chi connectivity index (χ4n) is 2.97. The van der Waals surface area contributed by atoms with Gasteiger partial charge in [-0.15, -0.1) is 11.3 Å². The van der Waals surface area contributed by atoms with Crippen molar-refractivity contribution in [2.75, 3.05) is 5.32 Å². The molecule has 1 atom stereocenters. The number of benzene rings is 3. The van der Waals surface area contributed by atoms with Gasteiger partial charge in [-0.1, -0.05) is 30.3 Å². The van der Waals surface area contributed by atoms with Gasteiger partial charge in [0.15, 0.2) is 5.75 Å². The Morgan fingerprint density at radius 3 is 2.53 bits per heavy atom. The lowest BCUT2D eigenvalue weighted by atomic mass is 10.1. The third kappa shape index (κ3) is 4.50. The number of thiophene rings is 1. The molecule has 2 N–H and O–H groups in total. The number of carbonyl (C=O) groups is 2. The van der Waals surface area contributed by atoms with Gasteiger partial charge in [-0.2, -0.15) is 0 Å². The highest BCUT2D eigenvalue weighted by atomic mass is 32.1. The summed E-state index contributed by atoms with van der Waals surface area (Å²) in [7, 11) is 0. The zero-order chi connectivity index (χ0) is 20.9. The number of rotatable bonds is 6. The van der Waals surface area contributed by atoms with Crippen LogP contribution in [0.2, 0.25) is 0 Å². The van der Waals surface area contributed by atoms with E-state index in [2.05, 4.69) is 10.6 Å². The average molecular weight is 417 g/mol. The van der Waals surface area contributed by atoms with Crippen molar-refractivity contribution in [1.82, 2.24) is 5.32 Å². The fourth-order valence-corrected chi connectivity index (χ4v) is 3.74. The predicted octanol–water partition coefficient (Wildman–Crippen LogP) is 5.45. The Morgan fingerprint density at radius 2 is 1.70 bits per heavy atom. The van der Waals surface area contributed by atoms with Crippen LogP contribution in [0.1, 0.15) is 17.3 Å². The molecule has 0 aliphatic heterocycles. The molecule has 0 aliphatic carbocycles. The van der Waals surface area contributed by atoms with Crippen LogP contribution in [-0.2, 0) is 4.79 Å². The predicted molar refractivity (Wildman–Crippen MR) is 120 cm³/mol. The van der Waals surface area contributed by atoms with E-state index in [-0.39, 0.29) is 11.8 Å². The largest absolute Gasteiger partial charge is 0.455 e. The quantitative estimate of drug-likeness (QED) is 0.439. The second-order valence-corrected chi connectivity index (χ2v) is 7.72. The van der Waals surface area contributed by atoms with Crippen molar-refractivity contribution in [3.05, 3.63) is 89.8 Å². The number of amides is 2. The van der Waals surface area contributed by atoms with Gasteiger partial charge in [0.05, 0.1) is 5.69 Å². The molecule has 1 aromatic heterocycles. The molecule has 0 radical (unpaired) electrons. The van der Waals surface area contributed by atoms with E-state index in [0.29, 0.717) is 22.7 Å². The van der Waals surface area contributed by atoms with Crippen molar-refractivity contribution in [2.45, 2.75) is 13.0 Å². The van der Waals surface area contributed by atoms with E-state index in [1.54, 1.807) is 36.5 Å². The Labute approximate surface area is 178 Å². The van der Waals surface area contributed by atoms with E-state index in [1.165, 1.54) is 0 Å². The van der Waals surface area contributed by atoms with Crippen molar-refractivity contribution in [3.63, 3.8) is 0 Å². The Hall–Kier alpha value is -3.64. The van der Waals surface area contributed by atoms with Crippen LogP contribution in [0.4, 0.5) is 5.69 Å². The molecule has 2 amide bonds. The Morgan fingerprint density at radius 1 is 0.933 bits per heavy atom. The number of para-hydroxylation sites is 3. The monoisotopic (exact) mass is 416 g/mol. The molecular formula is C24H20N2O3S. The van der Waals surface area contributed by atoms with Crippen molar-refractivity contribution < 1.29 is 14.3 Å². The summed E-state index contributed by atoms with van der Waals surface area (Å²) in [5.41, 5.74) is 1.06. The van der Waals surface area contributed by atoms with E-state index < -0.39 is 6.04 Å². The molecule has 4 aromatic rings. The third-order valence-corrected chi connectivity index (χ3v) is 5.47. The highest BCUT2D eigenvalue weighted by Gasteiger charge is 2.18. The van der Waals surface area contributed by atoms with E-state index in [0.717, 1.165) is 10.1 Å². The van der Waals surface area contributed by atoms with Crippen LogP contribution in [0.25, 0.3) is 10.1 Å². The molecule has 30 heavy (non-hydrogen) atoms. The maximum absolute atomic E-state index is 12.7. The summed E-state index contributed by atoms with van der Waals surface area (Å²) in [4.78, 5) is 25.2. The zero-order valence-electron chi connectivity index (χ0n) is 16.3. The number of fused-ring (bicyclic) bond motifs is 1. The first kappa shape index (κ1) is 19.7. The summed E-state index contributed by atoms with van der Waals surface area (Å²) in [6.45, 7) is 1.65.